The van der Waals surface area contributed by atoms with Crippen molar-refractivity contribution >= 4 is 35.2 Å². The van der Waals surface area contributed by atoms with Gasteiger partial charge in [0.15, 0.2) is 12.4 Å². The summed E-state index contributed by atoms with van der Waals surface area (Å²) < 4.78 is 4.97. The number of carbonyl (C=O) groups is 4. The van der Waals surface area contributed by atoms with Crippen LogP contribution in [0, 0.1) is 23.7 Å². The van der Waals surface area contributed by atoms with Gasteiger partial charge in [-0.25, -0.2) is 0 Å². The predicted octanol–water partition coefficient (Wildman–Crippen LogP) is 2.10. The molecule has 2 bridgehead atoms. The maximum atomic E-state index is 12.5. The molecule has 2 aliphatic carbocycles. The topological polar surface area (TPSA) is 80.8 Å². The lowest BCUT2D eigenvalue weighted by molar-refractivity contribution is -0.152. The monoisotopic (exact) mass is 375 g/mol. The van der Waals surface area contributed by atoms with Gasteiger partial charge in [0.1, 0.15) is 6.54 Å². The second-order valence-electron chi connectivity index (χ2n) is 7.24. The Hall–Kier alpha value is -2.21. The van der Waals surface area contributed by atoms with Crippen molar-refractivity contribution in [3.05, 3.63) is 34.9 Å². The van der Waals surface area contributed by atoms with E-state index in [2.05, 4.69) is 0 Å². The molecule has 0 spiro atoms. The normalized spacial score (nSPS) is 29.2. The van der Waals surface area contributed by atoms with Crippen LogP contribution >= 0.6 is 11.6 Å². The molecule has 0 radical (unpaired) electrons. The van der Waals surface area contributed by atoms with Gasteiger partial charge in [-0.15, -0.1) is 0 Å². The molecule has 4 atom stereocenters. The number of ether oxygens (including phenoxy) is 1. The lowest BCUT2D eigenvalue weighted by Crippen LogP contribution is -2.38. The third-order valence-corrected chi connectivity index (χ3v) is 6.09. The van der Waals surface area contributed by atoms with Gasteiger partial charge in [-0.2, -0.15) is 0 Å². The van der Waals surface area contributed by atoms with Crippen molar-refractivity contribution in [2.75, 3.05) is 13.2 Å². The zero-order valence-corrected chi connectivity index (χ0v) is 14.8. The fourth-order valence-electron chi connectivity index (χ4n) is 4.67. The molecule has 0 unspecified atom stereocenters. The number of rotatable bonds is 5. The van der Waals surface area contributed by atoms with E-state index in [1.807, 2.05) is 0 Å². The van der Waals surface area contributed by atoms with Gasteiger partial charge in [-0.3, -0.25) is 24.1 Å². The number of amides is 2. The maximum Gasteiger partial charge on any atom is 0.326 e. The lowest BCUT2D eigenvalue weighted by atomic mass is 9.81. The van der Waals surface area contributed by atoms with Gasteiger partial charge >= 0.3 is 5.97 Å². The van der Waals surface area contributed by atoms with E-state index in [1.54, 1.807) is 24.3 Å². The molecule has 2 amide bonds. The van der Waals surface area contributed by atoms with Crippen molar-refractivity contribution in [2.24, 2.45) is 23.7 Å². The minimum absolute atomic E-state index is 0.256. The molecule has 1 saturated heterocycles. The number of fused-ring (bicyclic) bond motifs is 5. The number of halogens is 1. The van der Waals surface area contributed by atoms with Crippen molar-refractivity contribution in [2.45, 2.75) is 19.3 Å². The molecule has 26 heavy (non-hydrogen) atoms. The molecule has 3 aliphatic rings. The third-order valence-electron chi connectivity index (χ3n) is 5.84. The second kappa shape index (κ2) is 6.50. The molecule has 2 saturated carbocycles. The van der Waals surface area contributed by atoms with Gasteiger partial charge in [-0.05, 0) is 55.4 Å². The molecule has 1 aliphatic heterocycles. The second-order valence-corrected chi connectivity index (χ2v) is 7.67. The summed E-state index contributed by atoms with van der Waals surface area (Å²) in [5.41, 5.74) is 0.377. The van der Waals surface area contributed by atoms with Crippen molar-refractivity contribution in [3.63, 3.8) is 0 Å². The Labute approximate surface area is 155 Å². The van der Waals surface area contributed by atoms with Gasteiger partial charge in [-0.1, -0.05) is 11.6 Å². The molecule has 1 heterocycles. The van der Waals surface area contributed by atoms with Crippen LogP contribution in [0.5, 0.6) is 0 Å². The van der Waals surface area contributed by atoms with Crippen LogP contribution in [0.2, 0.25) is 5.02 Å². The van der Waals surface area contributed by atoms with Crippen molar-refractivity contribution < 1.29 is 23.9 Å². The zero-order chi connectivity index (χ0) is 18.4. The maximum absolute atomic E-state index is 12.5. The first-order valence-corrected chi connectivity index (χ1v) is 9.13. The quantitative estimate of drug-likeness (QED) is 0.447. The highest BCUT2D eigenvalue weighted by atomic mass is 35.5. The van der Waals surface area contributed by atoms with Crippen LogP contribution in [0.3, 0.4) is 0 Å². The Morgan fingerprint density at radius 1 is 1.04 bits per heavy atom. The predicted molar refractivity (Wildman–Crippen MR) is 91.3 cm³/mol. The van der Waals surface area contributed by atoms with Crippen molar-refractivity contribution in [1.29, 1.82) is 0 Å². The Morgan fingerprint density at radius 3 is 2.19 bits per heavy atom. The van der Waals surface area contributed by atoms with Crippen LogP contribution in [-0.2, 0) is 19.1 Å². The summed E-state index contributed by atoms with van der Waals surface area (Å²) in [6.07, 6.45) is 2.91. The van der Waals surface area contributed by atoms with Gasteiger partial charge < -0.3 is 4.74 Å². The van der Waals surface area contributed by atoms with Gasteiger partial charge in [0, 0.05) is 10.6 Å². The number of hydrogen-bond donors (Lipinski definition) is 0. The Balaban J connectivity index is 1.34. The first-order chi connectivity index (χ1) is 12.5. The third kappa shape index (κ3) is 2.82. The number of nitrogens with zero attached hydrogens (tertiary/aromatic N) is 1. The van der Waals surface area contributed by atoms with E-state index < -0.39 is 19.1 Å². The first-order valence-electron chi connectivity index (χ1n) is 8.75. The molecule has 1 aromatic carbocycles. The number of hydrogen-bond acceptors (Lipinski definition) is 5. The largest absolute Gasteiger partial charge is 0.456 e. The number of esters is 1. The van der Waals surface area contributed by atoms with Gasteiger partial charge in [0.2, 0.25) is 11.8 Å². The molecule has 1 aromatic rings. The number of benzene rings is 1. The highest BCUT2D eigenvalue weighted by Crippen LogP contribution is 2.56. The van der Waals surface area contributed by atoms with Crippen molar-refractivity contribution in [3.8, 4) is 0 Å². The smallest absolute Gasteiger partial charge is 0.326 e. The molecule has 0 N–H and O–H groups in total. The minimum atomic E-state index is -0.749. The standard InChI is InChI=1S/C19H18ClNO5/c20-13-5-3-10(4-6-13)14(22)9-26-15(23)8-21-18(24)16-11-1-2-12(7-11)17(16)19(21)25/h3-6,11-12,16-17H,1-2,7-9H2/t11-,12+,16-,17-/m0/s1. The van der Waals surface area contributed by atoms with Crippen LogP contribution in [0.4, 0.5) is 0 Å². The molecule has 7 heteroatoms. The van der Waals surface area contributed by atoms with E-state index in [0.717, 1.165) is 24.2 Å². The number of imide groups is 1. The molecule has 6 nitrogen and oxygen atoms in total. The Morgan fingerprint density at radius 2 is 1.62 bits per heavy atom. The molecule has 0 aromatic heterocycles. The fourth-order valence-corrected chi connectivity index (χ4v) is 4.79. The number of likely N-dealkylation sites (tertiary alicyclic amines) is 1. The van der Waals surface area contributed by atoms with Crippen LogP contribution in [0.25, 0.3) is 0 Å². The average molecular weight is 376 g/mol. The summed E-state index contributed by atoms with van der Waals surface area (Å²) in [5, 5.41) is 0.504. The van der Waals surface area contributed by atoms with Gasteiger partial charge in [0.25, 0.3) is 0 Å². The molecular weight excluding hydrogens is 358 g/mol. The van der Waals surface area contributed by atoms with E-state index in [9.17, 15) is 19.2 Å². The molecule has 136 valence electrons. The number of Topliss-reactive ketones (excluding diaryl/α,β-unsaturated/α-hetero) is 1. The van der Waals surface area contributed by atoms with Crippen molar-refractivity contribution in [1.82, 2.24) is 4.90 Å². The molecule has 3 fully saturated rings. The van der Waals surface area contributed by atoms with Crippen LogP contribution in [0.15, 0.2) is 24.3 Å². The lowest BCUT2D eigenvalue weighted by Gasteiger charge is -2.19. The summed E-state index contributed by atoms with van der Waals surface area (Å²) in [7, 11) is 0. The van der Waals surface area contributed by atoms with E-state index in [0.29, 0.717) is 10.6 Å². The first kappa shape index (κ1) is 17.2. The summed E-state index contributed by atoms with van der Waals surface area (Å²) >= 11 is 5.77. The van der Waals surface area contributed by atoms with Gasteiger partial charge in [0.05, 0.1) is 11.8 Å². The van der Waals surface area contributed by atoms with Crippen LogP contribution in [0.1, 0.15) is 29.6 Å². The summed E-state index contributed by atoms with van der Waals surface area (Å²) in [6, 6.07) is 6.24. The van der Waals surface area contributed by atoms with E-state index in [4.69, 9.17) is 16.3 Å². The Bertz CT molecular complexity index is 762. The SMILES string of the molecule is O=C(CN1C(=O)[C@H]2[C@@H]3CC[C@@H](C3)[C@@H]2C1=O)OCC(=O)c1ccc(Cl)cc1. The van der Waals surface area contributed by atoms with Crippen LogP contribution < -0.4 is 0 Å². The average Bonchev–Trinajstić information content (AvgIpc) is 3.30. The molecular formula is C19H18ClNO5. The summed E-state index contributed by atoms with van der Waals surface area (Å²) in [6.45, 7) is -0.854. The number of ketones is 1. The van der Waals surface area contributed by atoms with E-state index >= 15 is 0 Å². The Kier molecular flexibility index (Phi) is 4.31. The number of carbonyl (C=O) groups excluding carboxylic acids is 4. The zero-order valence-electron chi connectivity index (χ0n) is 14.0. The van der Waals surface area contributed by atoms with E-state index in [-0.39, 0.29) is 41.3 Å². The minimum Gasteiger partial charge on any atom is -0.456 e. The summed E-state index contributed by atoms with van der Waals surface area (Å²) in [5.74, 6) is -1.61. The van der Waals surface area contributed by atoms with Crippen LogP contribution in [-0.4, -0.2) is 41.6 Å². The van der Waals surface area contributed by atoms with E-state index in [1.165, 1.54) is 0 Å². The summed E-state index contributed by atoms with van der Waals surface area (Å²) in [4.78, 5) is 50.1. The highest BCUT2D eigenvalue weighted by Gasteiger charge is 2.61. The highest BCUT2D eigenvalue weighted by molar-refractivity contribution is 6.30. The molecule has 4 rings (SSSR count). The fraction of sp³-hybridized carbons (Fsp3) is 0.474.